The smallest absolute Gasteiger partial charge is 0.320 e. The van der Waals surface area contributed by atoms with Crippen LogP contribution in [0.3, 0.4) is 0 Å². The van der Waals surface area contributed by atoms with Gasteiger partial charge in [0.15, 0.2) is 0 Å². The van der Waals surface area contributed by atoms with Crippen LogP contribution in [0.5, 0.6) is 0 Å². The molecule has 0 spiro atoms. The van der Waals surface area contributed by atoms with E-state index in [9.17, 15) is 9.59 Å². The topological polar surface area (TPSA) is 83.4 Å². The van der Waals surface area contributed by atoms with E-state index in [0.29, 0.717) is 25.5 Å². The number of likely N-dealkylation sites (N-methyl/N-ethyl adjacent to an activating group) is 1. The summed E-state index contributed by atoms with van der Waals surface area (Å²) in [5.74, 6) is 0.525. The number of nitrogens with zero attached hydrogens (tertiary/aromatic N) is 5. The minimum atomic E-state index is -0.236. The Bertz CT molecular complexity index is 500. The third-order valence-corrected chi connectivity index (χ3v) is 3.35. The molecule has 1 saturated heterocycles. The van der Waals surface area contributed by atoms with Crippen LogP contribution >= 0.6 is 0 Å². The number of carbonyl (C=O) groups excluding carboxylic acids is 2. The monoisotopic (exact) mass is 280 g/mol. The van der Waals surface area contributed by atoms with Crippen LogP contribution in [0.2, 0.25) is 0 Å². The van der Waals surface area contributed by atoms with Crippen molar-refractivity contribution in [3.63, 3.8) is 0 Å². The van der Waals surface area contributed by atoms with E-state index in [4.69, 9.17) is 0 Å². The molecule has 1 aliphatic rings. The summed E-state index contributed by atoms with van der Waals surface area (Å²) in [4.78, 5) is 31.0. The summed E-state index contributed by atoms with van der Waals surface area (Å²) >= 11 is 0. The fourth-order valence-corrected chi connectivity index (χ4v) is 2.23. The molecule has 0 aliphatic carbocycles. The van der Waals surface area contributed by atoms with Crippen molar-refractivity contribution in [3.05, 3.63) is 12.2 Å². The second-order valence-electron chi connectivity index (χ2n) is 4.85. The van der Waals surface area contributed by atoms with Gasteiger partial charge in [-0.2, -0.15) is 5.10 Å². The van der Waals surface area contributed by atoms with E-state index >= 15 is 0 Å². The fraction of sp³-hybridized carbons (Fsp3) is 0.667. The molecule has 1 aliphatic heterocycles. The van der Waals surface area contributed by atoms with Crippen LogP contribution in [-0.4, -0.2) is 63.2 Å². The van der Waals surface area contributed by atoms with Gasteiger partial charge in [-0.05, 0) is 13.8 Å². The molecule has 20 heavy (non-hydrogen) atoms. The van der Waals surface area contributed by atoms with Crippen molar-refractivity contribution in [2.45, 2.75) is 26.4 Å². The van der Waals surface area contributed by atoms with Crippen molar-refractivity contribution in [1.29, 1.82) is 0 Å². The van der Waals surface area contributed by atoms with E-state index < -0.39 is 0 Å². The van der Waals surface area contributed by atoms with Crippen LogP contribution in [0.4, 0.5) is 4.79 Å². The van der Waals surface area contributed by atoms with Gasteiger partial charge in [-0.3, -0.25) is 4.79 Å². The molecule has 1 fully saturated rings. The highest BCUT2D eigenvalue weighted by Crippen LogP contribution is 2.09. The number of amides is 3. The Morgan fingerprint density at radius 2 is 2.25 bits per heavy atom. The number of carbonyl (C=O) groups is 2. The van der Waals surface area contributed by atoms with Crippen LogP contribution in [0.15, 0.2) is 6.33 Å². The van der Waals surface area contributed by atoms with E-state index in [-0.39, 0.29) is 24.5 Å². The van der Waals surface area contributed by atoms with E-state index in [1.54, 1.807) is 16.6 Å². The molecule has 0 saturated carbocycles. The predicted molar refractivity (Wildman–Crippen MR) is 71.9 cm³/mol. The average molecular weight is 280 g/mol. The average Bonchev–Trinajstić information content (AvgIpc) is 3.00. The number of hydrogen-bond acceptors (Lipinski definition) is 4. The first-order chi connectivity index (χ1) is 9.52. The Labute approximate surface area is 117 Å². The summed E-state index contributed by atoms with van der Waals surface area (Å²) < 4.78 is 1.74. The van der Waals surface area contributed by atoms with Crippen molar-refractivity contribution in [2.24, 2.45) is 0 Å². The predicted octanol–water partition coefficient (Wildman–Crippen LogP) is -0.157. The summed E-state index contributed by atoms with van der Waals surface area (Å²) in [6.45, 7) is 5.84. The van der Waals surface area contributed by atoms with Gasteiger partial charge < -0.3 is 15.1 Å². The molecule has 1 atom stereocenters. The Kier molecular flexibility index (Phi) is 4.21. The highest BCUT2D eigenvalue weighted by molar-refractivity contribution is 5.85. The maximum absolute atomic E-state index is 12.0. The molecular weight excluding hydrogens is 260 g/mol. The molecule has 2 rings (SSSR count). The minimum absolute atomic E-state index is 0.0772. The van der Waals surface area contributed by atoms with E-state index in [0.717, 1.165) is 0 Å². The van der Waals surface area contributed by atoms with Gasteiger partial charge in [0.05, 0.1) is 6.04 Å². The summed E-state index contributed by atoms with van der Waals surface area (Å²) in [6, 6.07) is -0.343. The lowest BCUT2D eigenvalue weighted by molar-refractivity contribution is -0.122. The third kappa shape index (κ3) is 2.89. The molecule has 0 unspecified atom stereocenters. The van der Waals surface area contributed by atoms with Crippen LogP contribution in [-0.2, 0) is 11.3 Å². The van der Waals surface area contributed by atoms with Crippen molar-refractivity contribution >= 4 is 11.9 Å². The summed E-state index contributed by atoms with van der Waals surface area (Å²) in [5, 5.41) is 6.92. The molecule has 8 nitrogen and oxygen atoms in total. The van der Waals surface area contributed by atoms with Crippen LogP contribution < -0.4 is 5.32 Å². The quantitative estimate of drug-likeness (QED) is 0.812. The zero-order valence-corrected chi connectivity index (χ0v) is 12.0. The van der Waals surface area contributed by atoms with Gasteiger partial charge in [-0.25, -0.2) is 14.5 Å². The molecule has 2 heterocycles. The summed E-state index contributed by atoms with van der Waals surface area (Å²) in [5.41, 5.74) is 0. The Balaban J connectivity index is 1.90. The number of aryl methyl sites for hydroxylation is 1. The molecule has 0 bridgehead atoms. The number of rotatable bonds is 5. The second-order valence-corrected chi connectivity index (χ2v) is 4.85. The van der Waals surface area contributed by atoms with Gasteiger partial charge in [-0.1, -0.05) is 0 Å². The van der Waals surface area contributed by atoms with Gasteiger partial charge in [0.1, 0.15) is 18.7 Å². The van der Waals surface area contributed by atoms with Crippen LogP contribution in [0.25, 0.3) is 0 Å². The molecule has 1 aromatic rings. The lowest BCUT2D eigenvalue weighted by Crippen LogP contribution is -2.40. The number of aromatic nitrogens is 3. The zero-order valence-electron chi connectivity index (χ0n) is 12.0. The lowest BCUT2D eigenvalue weighted by Gasteiger charge is -2.18. The first-order valence-corrected chi connectivity index (χ1v) is 6.70. The van der Waals surface area contributed by atoms with E-state index in [1.807, 2.05) is 13.8 Å². The van der Waals surface area contributed by atoms with Crippen LogP contribution in [0, 0.1) is 0 Å². The molecular formula is C12H20N6O2. The van der Waals surface area contributed by atoms with Crippen molar-refractivity contribution in [1.82, 2.24) is 29.9 Å². The maximum Gasteiger partial charge on any atom is 0.320 e. The molecule has 3 amide bonds. The highest BCUT2D eigenvalue weighted by atomic mass is 16.2. The van der Waals surface area contributed by atoms with Gasteiger partial charge in [0.25, 0.3) is 0 Å². The second kappa shape index (κ2) is 5.89. The normalized spacial score (nSPS) is 16.6. The molecule has 1 N–H and O–H groups in total. The van der Waals surface area contributed by atoms with Crippen molar-refractivity contribution < 1.29 is 9.59 Å². The molecule has 8 heteroatoms. The van der Waals surface area contributed by atoms with Gasteiger partial charge >= 0.3 is 6.03 Å². The van der Waals surface area contributed by atoms with Crippen LogP contribution in [0.1, 0.15) is 25.7 Å². The number of nitrogens with one attached hydrogen (secondary N) is 1. The van der Waals surface area contributed by atoms with Crippen molar-refractivity contribution in [2.75, 3.05) is 26.7 Å². The number of urea groups is 1. The SMILES string of the molecule is CCn1ncnc1[C@H](C)NC(=O)CN1CCN(C)C1=O. The molecule has 110 valence electrons. The lowest BCUT2D eigenvalue weighted by atomic mass is 10.3. The third-order valence-electron chi connectivity index (χ3n) is 3.35. The minimum Gasteiger partial charge on any atom is -0.345 e. The first-order valence-electron chi connectivity index (χ1n) is 6.70. The van der Waals surface area contributed by atoms with Gasteiger partial charge in [0.2, 0.25) is 5.91 Å². The molecule has 1 aromatic heterocycles. The Morgan fingerprint density at radius 1 is 1.50 bits per heavy atom. The maximum atomic E-state index is 12.0. The zero-order chi connectivity index (χ0) is 14.7. The molecule has 0 radical (unpaired) electrons. The number of hydrogen-bond donors (Lipinski definition) is 1. The summed E-state index contributed by atoms with van der Waals surface area (Å²) in [6.07, 6.45) is 1.47. The largest absolute Gasteiger partial charge is 0.345 e. The Hall–Kier alpha value is -2.12. The molecule has 0 aromatic carbocycles. The van der Waals surface area contributed by atoms with Gasteiger partial charge in [0, 0.05) is 26.7 Å². The fourth-order valence-electron chi connectivity index (χ4n) is 2.23. The van der Waals surface area contributed by atoms with Gasteiger partial charge in [-0.15, -0.1) is 0 Å². The first kappa shape index (κ1) is 14.3. The van der Waals surface area contributed by atoms with E-state index in [2.05, 4.69) is 15.4 Å². The highest BCUT2D eigenvalue weighted by Gasteiger charge is 2.27. The summed E-state index contributed by atoms with van der Waals surface area (Å²) in [7, 11) is 1.73. The van der Waals surface area contributed by atoms with Crippen molar-refractivity contribution in [3.8, 4) is 0 Å². The Morgan fingerprint density at radius 3 is 2.85 bits per heavy atom. The standard InChI is InChI=1S/C12H20N6O2/c1-4-18-11(13-8-14-18)9(2)15-10(19)7-17-6-5-16(3)12(17)20/h8-9H,4-7H2,1-3H3,(H,15,19)/t9-/m0/s1. The van der Waals surface area contributed by atoms with E-state index in [1.165, 1.54) is 11.2 Å².